The monoisotopic (exact) mass is 357 g/mol. The van der Waals surface area contributed by atoms with Crippen LogP contribution in [-0.4, -0.2) is 18.6 Å². The van der Waals surface area contributed by atoms with Crippen molar-refractivity contribution in [2.24, 2.45) is 0 Å². The smallest absolute Gasteiger partial charge is 0.118 e. The number of hydrogen-bond acceptors (Lipinski definition) is 2. The van der Waals surface area contributed by atoms with Gasteiger partial charge in [-0.25, -0.2) is 0 Å². The Labute approximate surface area is 159 Å². The summed E-state index contributed by atoms with van der Waals surface area (Å²) in [6.45, 7) is 2.16. The van der Waals surface area contributed by atoms with E-state index in [1.165, 1.54) is 33.6 Å². The average Bonchev–Trinajstić information content (AvgIpc) is 3.08. The van der Waals surface area contributed by atoms with Gasteiger partial charge in [0.15, 0.2) is 0 Å². The van der Waals surface area contributed by atoms with Crippen molar-refractivity contribution in [2.45, 2.75) is 13.3 Å². The van der Waals surface area contributed by atoms with E-state index in [0.29, 0.717) is 0 Å². The molecule has 0 fully saturated rings. The number of hydrogen-bond donors (Lipinski definition) is 0. The molecule has 0 saturated heterocycles. The van der Waals surface area contributed by atoms with E-state index in [-0.39, 0.29) is 0 Å². The Bertz CT molecular complexity index is 1060. The van der Waals surface area contributed by atoms with Crippen molar-refractivity contribution in [3.63, 3.8) is 0 Å². The van der Waals surface area contributed by atoms with Crippen LogP contribution in [0.1, 0.15) is 17.0 Å². The number of fused-ring (bicyclic) bond motifs is 1. The Balaban J connectivity index is 1.84. The second-order valence-corrected chi connectivity index (χ2v) is 6.69. The Morgan fingerprint density at radius 1 is 0.778 bits per heavy atom. The third kappa shape index (κ3) is 3.28. The van der Waals surface area contributed by atoms with Gasteiger partial charge >= 0.3 is 0 Å². The van der Waals surface area contributed by atoms with Crippen molar-refractivity contribution in [3.05, 3.63) is 89.7 Å². The van der Waals surface area contributed by atoms with Gasteiger partial charge in [0.05, 0.1) is 14.2 Å². The summed E-state index contributed by atoms with van der Waals surface area (Å²) in [4.78, 5) is 0. The molecule has 2 aromatic carbocycles. The molecule has 3 nitrogen and oxygen atoms in total. The van der Waals surface area contributed by atoms with Crippen molar-refractivity contribution in [3.8, 4) is 22.6 Å². The van der Waals surface area contributed by atoms with Crippen molar-refractivity contribution in [1.29, 1.82) is 0 Å². The Hall–Kier alpha value is -3.20. The van der Waals surface area contributed by atoms with Crippen molar-refractivity contribution in [2.75, 3.05) is 14.2 Å². The summed E-state index contributed by atoms with van der Waals surface area (Å²) in [6.07, 6.45) is 0.852. The number of rotatable bonds is 5. The van der Waals surface area contributed by atoms with Crippen LogP contribution in [0.2, 0.25) is 0 Å². The van der Waals surface area contributed by atoms with E-state index in [2.05, 4.69) is 59.9 Å². The van der Waals surface area contributed by atoms with Gasteiger partial charge in [0, 0.05) is 28.9 Å². The fraction of sp³-hybridized carbons (Fsp3) is 0.167. The quantitative estimate of drug-likeness (QED) is 0.469. The molecule has 0 aliphatic carbocycles. The predicted octanol–water partition coefficient (Wildman–Crippen LogP) is 5.52. The summed E-state index contributed by atoms with van der Waals surface area (Å²) in [5.41, 5.74) is 7.44. The number of nitrogens with zero attached hydrogens (tertiary/aromatic N) is 1. The lowest BCUT2D eigenvalue weighted by Gasteiger charge is -2.11. The molecule has 0 N–H and O–H groups in total. The number of aryl methyl sites for hydroxylation is 1. The third-order valence-electron chi connectivity index (χ3n) is 5.02. The molecule has 27 heavy (non-hydrogen) atoms. The first-order chi connectivity index (χ1) is 13.2. The first-order valence-electron chi connectivity index (χ1n) is 9.07. The van der Waals surface area contributed by atoms with Gasteiger partial charge in [-0.3, -0.25) is 0 Å². The van der Waals surface area contributed by atoms with Crippen molar-refractivity contribution >= 4 is 5.52 Å². The molecule has 2 heterocycles. The molecule has 0 atom stereocenters. The molecule has 2 aromatic heterocycles. The minimum Gasteiger partial charge on any atom is -0.497 e. The highest BCUT2D eigenvalue weighted by Gasteiger charge is 2.14. The number of ether oxygens (including phenoxy) is 2. The normalized spacial score (nSPS) is 10.9. The maximum Gasteiger partial charge on any atom is 0.118 e. The Morgan fingerprint density at radius 2 is 1.41 bits per heavy atom. The van der Waals surface area contributed by atoms with Crippen molar-refractivity contribution in [1.82, 2.24) is 4.40 Å². The van der Waals surface area contributed by atoms with Gasteiger partial charge < -0.3 is 13.9 Å². The second-order valence-electron chi connectivity index (χ2n) is 6.69. The van der Waals surface area contributed by atoms with E-state index in [9.17, 15) is 0 Å². The van der Waals surface area contributed by atoms with E-state index in [4.69, 9.17) is 9.47 Å². The summed E-state index contributed by atoms with van der Waals surface area (Å²) < 4.78 is 13.0. The van der Waals surface area contributed by atoms with E-state index in [0.717, 1.165) is 17.9 Å². The summed E-state index contributed by atoms with van der Waals surface area (Å²) in [5, 5.41) is 0. The zero-order chi connectivity index (χ0) is 18.8. The van der Waals surface area contributed by atoms with Crippen LogP contribution in [0.4, 0.5) is 0 Å². The van der Waals surface area contributed by atoms with E-state index in [1.807, 2.05) is 24.3 Å². The maximum atomic E-state index is 5.31. The fourth-order valence-electron chi connectivity index (χ4n) is 3.60. The zero-order valence-corrected chi connectivity index (χ0v) is 15.9. The topological polar surface area (TPSA) is 22.9 Å². The predicted molar refractivity (Wildman–Crippen MR) is 110 cm³/mol. The lowest BCUT2D eigenvalue weighted by atomic mass is 10.0. The number of benzene rings is 2. The maximum absolute atomic E-state index is 5.31. The van der Waals surface area contributed by atoms with Crippen LogP contribution in [-0.2, 0) is 6.42 Å². The van der Waals surface area contributed by atoms with E-state index >= 15 is 0 Å². The Morgan fingerprint density at radius 3 is 2.04 bits per heavy atom. The molecule has 4 aromatic rings. The van der Waals surface area contributed by atoms with Gasteiger partial charge in [0.25, 0.3) is 0 Å². The van der Waals surface area contributed by atoms with E-state index in [1.54, 1.807) is 14.2 Å². The summed E-state index contributed by atoms with van der Waals surface area (Å²) >= 11 is 0. The van der Waals surface area contributed by atoms with Crippen LogP contribution in [0, 0.1) is 6.92 Å². The highest BCUT2D eigenvalue weighted by atomic mass is 16.5. The number of aromatic nitrogens is 1. The molecular weight excluding hydrogens is 334 g/mol. The van der Waals surface area contributed by atoms with Gasteiger partial charge in [-0.2, -0.15) is 0 Å². The van der Waals surface area contributed by atoms with Crippen LogP contribution in [0.15, 0.2) is 72.8 Å². The molecule has 0 aliphatic rings. The number of methoxy groups -OCH3 is 2. The summed E-state index contributed by atoms with van der Waals surface area (Å²) in [5.74, 6) is 1.75. The van der Waals surface area contributed by atoms with Crippen LogP contribution >= 0.6 is 0 Å². The summed E-state index contributed by atoms with van der Waals surface area (Å²) in [6, 6.07) is 25.3. The molecule has 0 amide bonds. The van der Waals surface area contributed by atoms with Crippen LogP contribution < -0.4 is 9.47 Å². The summed E-state index contributed by atoms with van der Waals surface area (Å²) in [7, 11) is 3.39. The first-order valence-corrected chi connectivity index (χ1v) is 9.07. The lowest BCUT2D eigenvalue weighted by molar-refractivity contribution is 0.414. The van der Waals surface area contributed by atoms with Crippen LogP contribution in [0.25, 0.3) is 16.6 Å². The van der Waals surface area contributed by atoms with Crippen molar-refractivity contribution < 1.29 is 9.47 Å². The minimum atomic E-state index is 0.852. The molecule has 0 unspecified atom stereocenters. The highest BCUT2D eigenvalue weighted by molar-refractivity contribution is 5.75. The van der Waals surface area contributed by atoms with E-state index < -0.39 is 0 Å². The van der Waals surface area contributed by atoms with Gasteiger partial charge in [0.2, 0.25) is 0 Å². The average molecular weight is 357 g/mol. The standard InChI is InChI=1S/C24H23NO2/c1-17-5-4-6-20-16-23(19-9-13-22(27-3)14-10-19)24(25(17)20)15-18-7-11-21(26-2)12-8-18/h4-14,16H,15H2,1-3H3. The van der Waals surface area contributed by atoms with Crippen LogP contribution in [0.5, 0.6) is 11.5 Å². The molecule has 4 rings (SSSR count). The highest BCUT2D eigenvalue weighted by Crippen LogP contribution is 2.32. The fourth-order valence-corrected chi connectivity index (χ4v) is 3.60. The minimum absolute atomic E-state index is 0.852. The number of pyridine rings is 1. The molecule has 3 heteroatoms. The molecule has 0 radical (unpaired) electrons. The van der Waals surface area contributed by atoms with Gasteiger partial charge in [0.1, 0.15) is 11.5 Å². The lowest BCUT2D eigenvalue weighted by Crippen LogP contribution is -1.99. The first kappa shape index (κ1) is 17.2. The molecule has 0 saturated carbocycles. The molecular formula is C24H23NO2. The van der Waals surface area contributed by atoms with Gasteiger partial charge in [-0.15, -0.1) is 0 Å². The second kappa shape index (κ2) is 7.20. The largest absolute Gasteiger partial charge is 0.497 e. The molecule has 0 aliphatic heterocycles. The van der Waals surface area contributed by atoms with Gasteiger partial charge in [-0.05, 0) is 60.5 Å². The molecule has 0 bridgehead atoms. The van der Waals surface area contributed by atoms with Crippen LogP contribution in [0.3, 0.4) is 0 Å². The zero-order valence-electron chi connectivity index (χ0n) is 15.9. The Kier molecular flexibility index (Phi) is 4.59. The molecule has 136 valence electrons. The SMILES string of the molecule is COc1ccc(Cc2c(-c3ccc(OC)cc3)cc3cccc(C)n23)cc1. The molecule has 0 spiro atoms. The third-order valence-corrected chi connectivity index (χ3v) is 5.02. The van der Waals surface area contributed by atoms with Gasteiger partial charge in [-0.1, -0.05) is 30.3 Å².